The maximum Gasteiger partial charge on any atom is 0.490 e. The van der Waals surface area contributed by atoms with Crippen molar-refractivity contribution in [3.63, 3.8) is 0 Å². The van der Waals surface area contributed by atoms with Crippen molar-refractivity contribution in [1.29, 1.82) is 0 Å². The number of H-pyrrole nitrogens is 1. The number of aromatic amines is 1. The molecule has 1 saturated carbocycles. The molecule has 1 aromatic heterocycles. The number of hydrogen-bond acceptors (Lipinski definition) is 10. The molecule has 16 nitrogen and oxygen atoms in total. The molecule has 19 heteroatoms. The predicted octanol–water partition coefficient (Wildman–Crippen LogP) is 6.24. The summed E-state index contributed by atoms with van der Waals surface area (Å²) < 4.78 is 37.1. The number of benzene rings is 3. The summed E-state index contributed by atoms with van der Waals surface area (Å²) in [6.45, 7) is 13.5. The average Bonchev–Trinajstić information content (AvgIpc) is 3.80. The number of tetrazole rings is 1. The van der Waals surface area contributed by atoms with Gasteiger partial charge in [-0.05, 0) is 124 Å². The Kier molecular flexibility index (Phi) is 18.1. The molecular weight excluding hydrogens is 824 g/mol. The maximum atomic E-state index is 13.8. The average molecular weight is 880 g/mol. The number of aromatic nitrogens is 4. The van der Waals surface area contributed by atoms with Gasteiger partial charge in [-0.25, -0.2) is 9.59 Å². The molecule has 340 valence electrons. The zero-order valence-corrected chi connectivity index (χ0v) is 36.1. The fraction of sp³-hybridized carbons (Fsp3) is 0.455. The Bertz CT molecular complexity index is 2080. The fourth-order valence-electron chi connectivity index (χ4n) is 6.74. The Hall–Kier alpha value is -6.37. The van der Waals surface area contributed by atoms with Crippen LogP contribution in [0.15, 0.2) is 72.8 Å². The number of likely N-dealkylation sites (N-methyl/N-ethyl adjacent to an activating group) is 1. The van der Waals surface area contributed by atoms with E-state index in [-0.39, 0.29) is 36.0 Å². The molecule has 0 saturated heterocycles. The van der Waals surface area contributed by atoms with Gasteiger partial charge in [-0.15, -0.1) is 10.2 Å². The molecule has 0 aliphatic heterocycles. The highest BCUT2D eigenvalue weighted by Crippen LogP contribution is 2.29. The standard InChI is InChI=1S/C42H55N9O5.C2HF3O2/c1-6-51(7-2)25-24-43-38(52)33-18-16-31(17-19-33)30-12-8-28(9-13-30)26-36(40(54)45-35-22-20-32(21-23-35)37-47-49-50-48-37)46-39(53)34-14-10-29(11-15-34)27-44-41(55)56-42(3,4)5;3-2(4,5)1(6)7/h8-9,12-13,16-23,29,34,36H,6-7,10-11,14-15,24-27H2,1-5H3,(H,43,52)(H,44,55)(H,45,54)(H,46,53)(H,47,48,49,50);(H,6,7)/t29?,34?,36-;/m0./s1. The minimum Gasteiger partial charge on any atom is -0.475 e. The zero-order valence-electron chi connectivity index (χ0n) is 36.1. The highest BCUT2D eigenvalue weighted by atomic mass is 19.4. The maximum absolute atomic E-state index is 13.8. The number of aliphatic carboxylic acids is 1. The number of halogens is 3. The van der Waals surface area contributed by atoms with Gasteiger partial charge >= 0.3 is 18.2 Å². The van der Waals surface area contributed by atoms with Crippen molar-refractivity contribution in [3.8, 4) is 22.5 Å². The first-order valence-electron chi connectivity index (χ1n) is 20.8. The quantitative estimate of drug-likeness (QED) is 0.0740. The van der Waals surface area contributed by atoms with E-state index in [0.29, 0.717) is 43.0 Å². The van der Waals surface area contributed by atoms with Gasteiger partial charge in [0.2, 0.25) is 17.6 Å². The third-order valence-electron chi connectivity index (χ3n) is 10.3. The Morgan fingerprint density at radius 3 is 1.94 bits per heavy atom. The normalized spacial score (nSPS) is 15.6. The van der Waals surface area contributed by atoms with Crippen molar-refractivity contribution in [2.45, 2.75) is 84.5 Å². The Morgan fingerprint density at radius 1 is 0.841 bits per heavy atom. The number of carbonyl (C=O) groups excluding carboxylic acids is 4. The number of carboxylic acids is 1. The van der Waals surface area contributed by atoms with Gasteiger partial charge < -0.3 is 36.0 Å². The van der Waals surface area contributed by atoms with Crippen LogP contribution in [-0.2, 0) is 25.5 Å². The summed E-state index contributed by atoms with van der Waals surface area (Å²) in [4.78, 5) is 63.4. The number of nitrogens with zero attached hydrogens (tertiary/aromatic N) is 4. The van der Waals surface area contributed by atoms with E-state index in [4.69, 9.17) is 14.6 Å². The van der Waals surface area contributed by atoms with E-state index in [1.54, 1.807) is 24.3 Å². The number of rotatable bonds is 16. The van der Waals surface area contributed by atoms with Crippen LogP contribution in [0, 0.1) is 11.8 Å². The lowest BCUT2D eigenvalue weighted by Gasteiger charge is -2.29. The molecule has 1 heterocycles. The second-order valence-electron chi connectivity index (χ2n) is 16.0. The van der Waals surface area contributed by atoms with E-state index in [1.165, 1.54) is 0 Å². The van der Waals surface area contributed by atoms with Gasteiger partial charge in [-0.1, -0.05) is 50.2 Å². The predicted molar refractivity (Wildman–Crippen MR) is 229 cm³/mol. The summed E-state index contributed by atoms with van der Waals surface area (Å²) in [5.41, 5.74) is 4.14. The minimum absolute atomic E-state index is 0.100. The summed E-state index contributed by atoms with van der Waals surface area (Å²) in [6, 6.07) is 21.6. The van der Waals surface area contributed by atoms with Gasteiger partial charge in [-0.2, -0.15) is 18.4 Å². The van der Waals surface area contributed by atoms with Crippen molar-refractivity contribution >= 4 is 35.5 Å². The molecule has 0 unspecified atom stereocenters. The van der Waals surface area contributed by atoms with Gasteiger partial charge in [0.1, 0.15) is 11.6 Å². The molecule has 63 heavy (non-hydrogen) atoms. The number of amides is 4. The van der Waals surface area contributed by atoms with Crippen LogP contribution in [0.1, 0.15) is 76.2 Å². The molecule has 4 amide bonds. The van der Waals surface area contributed by atoms with Crippen LogP contribution < -0.4 is 21.3 Å². The fourth-order valence-corrected chi connectivity index (χ4v) is 6.74. The van der Waals surface area contributed by atoms with Crippen LogP contribution >= 0.6 is 0 Å². The summed E-state index contributed by atoms with van der Waals surface area (Å²) in [6.07, 6.45) is -2.38. The minimum atomic E-state index is -5.08. The SMILES string of the molecule is CCN(CC)CCNC(=O)c1ccc(-c2ccc(C[C@H](NC(=O)C3CCC(CNC(=O)OC(C)(C)C)CC3)C(=O)Nc3ccc(-c4nn[nH]n4)cc3)cc2)cc1.O=C(O)C(F)(F)F. The third kappa shape index (κ3) is 16.4. The second-order valence-corrected chi connectivity index (χ2v) is 16.0. The van der Waals surface area contributed by atoms with Crippen LogP contribution in [0.5, 0.6) is 0 Å². The van der Waals surface area contributed by atoms with Crippen LogP contribution in [0.4, 0.5) is 23.7 Å². The Labute approximate surface area is 364 Å². The third-order valence-corrected chi connectivity index (χ3v) is 10.3. The molecule has 1 atom stereocenters. The molecule has 4 aromatic rings. The molecule has 6 N–H and O–H groups in total. The summed E-state index contributed by atoms with van der Waals surface area (Å²) in [7, 11) is 0. The molecule has 0 bridgehead atoms. The Morgan fingerprint density at radius 2 is 1.41 bits per heavy atom. The molecule has 1 aliphatic carbocycles. The lowest BCUT2D eigenvalue weighted by Crippen LogP contribution is -2.48. The lowest BCUT2D eigenvalue weighted by molar-refractivity contribution is -0.192. The van der Waals surface area contributed by atoms with Gasteiger partial charge in [0.25, 0.3) is 5.91 Å². The van der Waals surface area contributed by atoms with Gasteiger partial charge in [0.15, 0.2) is 0 Å². The van der Waals surface area contributed by atoms with E-state index >= 15 is 0 Å². The van der Waals surface area contributed by atoms with Gasteiger partial charge in [-0.3, -0.25) is 14.4 Å². The molecule has 1 aliphatic rings. The first-order chi connectivity index (χ1) is 29.8. The molecule has 5 rings (SSSR count). The van der Waals surface area contributed by atoms with Crippen LogP contribution in [-0.4, -0.2) is 111 Å². The number of anilines is 1. The molecule has 3 aromatic carbocycles. The number of nitrogens with one attached hydrogen (secondary N) is 5. The highest BCUT2D eigenvalue weighted by Gasteiger charge is 2.38. The van der Waals surface area contributed by atoms with E-state index in [2.05, 4.69) is 60.6 Å². The van der Waals surface area contributed by atoms with Crippen LogP contribution in [0.2, 0.25) is 0 Å². The van der Waals surface area contributed by atoms with Crippen molar-refractivity contribution in [2.75, 3.05) is 38.0 Å². The molecule has 1 fully saturated rings. The topological polar surface area (TPSA) is 221 Å². The van der Waals surface area contributed by atoms with E-state index < -0.39 is 29.9 Å². The first-order valence-corrected chi connectivity index (χ1v) is 20.8. The summed E-state index contributed by atoms with van der Waals surface area (Å²) >= 11 is 0. The van der Waals surface area contributed by atoms with Crippen molar-refractivity contribution in [2.24, 2.45) is 11.8 Å². The van der Waals surface area contributed by atoms with E-state index in [9.17, 15) is 32.3 Å². The second kappa shape index (κ2) is 23.2. The smallest absolute Gasteiger partial charge is 0.475 e. The number of alkyl halides is 3. The number of carbonyl (C=O) groups is 5. The monoisotopic (exact) mass is 879 g/mol. The zero-order chi connectivity index (χ0) is 46.2. The van der Waals surface area contributed by atoms with E-state index in [0.717, 1.165) is 54.7 Å². The van der Waals surface area contributed by atoms with Gasteiger partial charge in [0.05, 0.1) is 0 Å². The molecule has 0 radical (unpaired) electrons. The van der Waals surface area contributed by atoms with Crippen molar-refractivity contribution in [1.82, 2.24) is 41.5 Å². The van der Waals surface area contributed by atoms with Crippen LogP contribution in [0.25, 0.3) is 22.5 Å². The largest absolute Gasteiger partial charge is 0.490 e. The van der Waals surface area contributed by atoms with Crippen LogP contribution in [0.3, 0.4) is 0 Å². The first kappa shape index (κ1) is 49.3. The van der Waals surface area contributed by atoms with Crippen molar-refractivity contribution in [3.05, 3.63) is 83.9 Å². The number of ether oxygens (including phenoxy) is 1. The number of alkyl carbamates (subject to hydrolysis) is 1. The molecule has 0 spiro atoms. The Balaban J connectivity index is 0.00000115. The number of hydrogen-bond donors (Lipinski definition) is 6. The lowest BCUT2D eigenvalue weighted by atomic mass is 9.81. The highest BCUT2D eigenvalue weighted by molar-refractivity contribution is 5.98. The summed E-state index contributed by atoms with van der Waals surface area (Å²) in [5, 5.41) is 33.0. The molecular formula is C44H56F3N9O7. The van der Waals surface area contributed by atoms with Crippen molar-refractivity contribution < 1.29 is 47.0 Å². The summed E-state index contributed by atoms with van der Waals surface area (Å²) in [5.74, 6) is -2.91. The van der Waals surface area contributed by atoms with Gasteiger partial charge in [0, 0.05) is 48.8 Å². The van der Waals surface area contributed by atoms with E-state index in [1.807, 2.05) is 69.3 Å². The number of carboxylic acid groups (broad SMARTS) is 1.